The molecular formula is C14H14Cl2N4. The molecule has 20 heavy (non-hydrogen) atoms. The van der Waals surface area contributed by atoms with Crippen LogP contribution < -0.4 is 10.6 Å². The molecule has 1 aromatic carbocycles. The fourth-order valence-corrected chi connectivity index (χ4v) is 2.33. The molecule has 0 spiro atoms. The van der Waals surface area contributed by atoms with Crippen LogP contribution in [-0.2, 0) is 0 Å². The molecule has 6 heteroatoms. The Morgan fingerprint density at radius 2 is 1.85 bits per heavy atom. The fraction of sp³-hybridized carbons (Fsp3) is 0.286. The summed E-state index contributed by atoms with van der Waals surface area (Å²) in [5.74, 6) is 2.26. The Bertz CT molecular complexity index is 641. The number of anilines is 3. The Labute approximate surface area is 127 Å². The van der Waals surface area contributed by atoms with Crippen LogP contribution in [-0.4, -0.2) is 16.0 Å². The van der Waals surface area contributed by atoms with E-state index in [1.807, 2.05) is 19.1 Å². The molecule has 1 aliphatic rings. The van der Waals surface area contributed by atoms with Crippen molar-refractivity contribution in [2.75, 3.05) is 10.6 Å². The third kappa shape index (κ3) is 3.32. The Morgan fingerprint density at radius 1 is 1.10 bits per heavy atom. The van der Waals surface area contributed by atoms with Crippen LogP contribution in [0.4, 0.5) is 17.3 Å². The molecule has 4 nitrogen and oxygen atoms in total. The molecule has 0 aliphatic heterocycles. The molecule has 0 radical (unpaired) electrons. The number of halogens is 2. The molecule has 2 aromatic rings. The summed E-state index contributed by atoms with van der Waals surface area (Å²) in [4.78, 5) is 8.74. The van der Waals surface area contributed by atoms with Crippen molar-refractivity contribution in [3.05, 3.63) is 40.1 Å². The van der Waals surface area contributed by atoms with Gasteiger partial charge in [0.05, 0.1) is 10.7 Å². The highest BCUT2D eigenvalue weighted by molar-refractivity contribution is 6.36. The minimum atomic E-state index is 0.552. The fourth-order valence-electron chi connectivity index (χ4n) is 1.87. The molecule has 0 amide bonds. The van der Waals surface area contributed by atoms with Crippen LogP contribution in [0.2, 0.25) is 10.0 Å². The van der Waals surface area contributed by atoms with Gasteiger partial charge in [0, 0.05) is 17.1 Å². The highest BCUT2D eigenvalue weighted by Gasteiger charge is 2.21. The van der Waals surface area contributed by atoms with Gasteiger partial charge in [-0.2, -0.15) is 0 Å². The minimum Gasteiger partial charge on any atom is -0.367 e. The first kappa shape index (κ1) is 13.5. The van der Waals surface area contributed by atoms with E-state index in [0.717, 1.165) is 11.5 Å². The number of benzene rings is 1. The lowest BCUT2D eigenvalue weighted by atomic mass is 10.3. The van der Waals surface area contributed by atoms with Crippen molar-refractivity contribution < 1.29 is 0 Å². The zero-order valence-corrected chi connectivity index (χ0v) is 12.5. The summed E-state index contributed by atoms with van der Waals surface area (Å²) >= 11 is 12.0. The second-order valence-corrected chi connectivity index (χ2v) is 5.70. The third-order valence-corrected chi connectivity index (χ3v) is 3.51. The molecule has 1 heterocycles. The maximum Gasteiger partial charge on any atom is 0.136 e. The first-order valence-corrected chi connectivity index (χ1v) is 7.20. The molecule has 0 atom stereocenters. The number of aromatic nitrogens is 2. The van der Waals surface area contributed by atoms with Crippen LogP contribution in [0, 0.1) is 6.92 Å². The van der Waals surface area contributed by atoms with Crippen molar-refractivity contribution in [1.29, 1.82) is 0 Å². The lowest BCUT2D eigenvalue weighted by Gasteiger charge is -2.11. The smallest absolute Gasteiger partial charge is 0.136 e. The predicted molar refractivity (Wildman–Crippen MR) is 83.2 cm³/mol. The summed E-state index contributed by atoms with van der Waals surface area (Å²) in [6.45, 7) is 1.87. The van der Waals surface area contributed by atoms with Crippen LogP contribution in [0.25, 0.3) is 0 Å². The van der Waals surface area contributed by atoms with E-state index in [0.29, 0.717) is 27.7 Å². The van der Waals surface area contributed by atoms with E-state index in [-0.39, 0.29) is 0 Å². The Kier molecular flexibility index (Phi) is 3.68. The largest absolute Gasteiger partial charge is 0.367 e. The molecule has 3 rings (SSSR count). The zero-order valence-electron chi connectivity index (χ0n) is 11.0. The molecule has 1 aliphatic carbocycles. The van der Waals surface area contributed by atoms with Crippen LogP contribution >= 0.6 is 23.2 Å². The van der Waals surface area contributed by atoms with Crippen LogP contribution in [0.3, 0.4) is 0 Å². The summed E-state index contributed by atoms with van der Waals surface area (Å²) in [5.41, 5.74) is 0.770. The van der Waals surface area contributed by atoms with Crippen molar-refractivity contribution in [2.24, 2.45) is 0 Å². The number of aryl methyl sites for hydroxylation is 1. The lowest BCUT2D eigenvalue weighted by molar-refractivity contribution is 1.02. The van der Waals surface area contributed by atoms with Gasteiger partial charge >= 0.3 is 0 Å². The maximum atomic E-state index is 6.15. The van der Waals surface area contributed by atoms with Crippen LogP contribution in [0.1, 0.15) is 18.7 Å². The quantitative estimate of drug-likeness (QED) is 0.878. The van der Waals surface area contributed by atoms with Gasteiger partial charge < -0.3 is 10.6 Å². The SMILES string of the molecule is Cc1nc(Nc2ccc(Cl)cc2Cl)cc(NC2CC2)n1. The monoisotopic (exact) mass is 308 g/mol. The van der Waals surface area contributed by atoms with Crippen LogP contribution in [0.5, 0.6) is 0 Å². The summed E-state index contributed by atoms with van der Waals surface area (Å²) in [6.07, 6.45) is 2.41. The molecule has 104 valence electrons. The first-order chi connectivity index (χ1) is 9.60. The van der Waals surface area contributed by atoms with Crippen molar-refractivity contribution in [2.45, 2.75) is 25.8 Å². The predicted octanol–water partition coefficient (Wildman–Crippen LogP) is 4.41. The number of hydrogen-bond donors (Lipinski definition) is 2. The van der Waals surface area contributed by atoms with Crippen molar-refractivity contribution in [1.82, 2.24) is 9.97 Å². The van der Waals surface area contributed by atoms with Gasteiger partial charge in [-0.05, 0) is 38.0 Å². The molecule has 1 aromatic heterocycles. The molecule has 1 saturated carbocycles. The molecule has 0 unspecified atom stereocenters. The van der Waals surface area contributed by atoms with E-state index in [9.17, 15) is 0 Å². The zero-order chi connectivity index (χ0) is 14.1. The van der Waals surface area contributed by atoms with Crippen molar-refractivity contribution >= 4 is 40.5 Å². The normalized spacial score (nSPS) is 14.2. The van der Waals surface area contributed by atoms with E-state index < -0.39 is 0 Å². The van der Waals surface area contributed by atoms with E-state index in [1.165, 1.54) is 12.8 Å². The van der Waals surface area contributed by atoms with E-state index in [4.69, 9.17) is 23.2 Å². The minimum absolute atomic E-state index is 0.552. The second kappa shape index (κ2) is 5.46. The highest BCUT2D eigenvalue weighted by atomic mass is 35.5. The summed E-state index contributed by atoms with van der Waals surface area (Å²) in [6, 6.07) is 7.75. The highest BCUT2D eigenvalue weighted by Crippen LogP contribution is 2.29. The number of rotatable bonds is 4. The Morgan fingerprint density at radius 3 is 2.55 bits per heavy atom. The van der Waals surface area contributed by atoms with Gasteiger partial charge in [-0.3, -0.25) is 0 Å². The molecule has 2 N–H and O–H groups in total. The molecule has 1 fully saturated rings. The van der Waals surface area contributed by atoms with Gasteiger partial charge in [0.15, 0.2) is 0 Å². The van der Waals surface area contributed by atoms with Gasteiger partial charge in [0.2, 0.25) is 0 Å². The van der Waals surface area contributed by atoms with Crippen LogP contribution in [0.15, 0.2) is 24.3 Å². The topological polar surface area (TPSA) is 49.8 Å². The second-order valence-electron chi connectivity index (χ2n) is 4.85. The number of hydrogen-bond acceptors (Lipinski definition) is 4. The van der Waals surface area contributed by atoms with Crippen molar-refractivity contribution in [3.63, 3.8) is 0 Å². The summed E-state index contributed by atoms with van der Waals surface area (Å²) < 4.78 is 0. The van der Waals surface area contributed by atoms with E-state index >= 15 is 0 Å². The van der Waals surface area contributed by atoms with Gasteiger partial charge in [-0.1, -0.05) is 23.2 Å². The average molecular weight is 309 g/mol. The summed E-state index contributed by atoms with van der Waals surface area (Å²) in [7, 11) is 0. The lowest BCUT2D eigenvalue weighted by Crippen LogP contribution is -2.06. The molecular weight excluding hydrogens is 295 g/mol. The first-order valence-electron chi connectivity index (χ1n) is 6.44. The van der Waals surface area contributed by atoms with Gasteiger partial charge in [0.1, 0.15) is 17.5 Å². The number of nitrogens with one attached hydrogen (secondary N) is 2. The van der Waals surface area contributed by atoms with E-state index in [1.54, 1.807) is 12.1 Å². The molecule has 0 saturated heterocycles. The van der Waals surface area contributed by atoms with E-state index in [2.05, 4.69) is 20.6 Å². The average Bonchev–Trinajstić information content (AvgIpc) is 3.16. The maximum absolute atomic E-state index is 6.15. The van der Waals surface area contributed by atoms with Gasteiger partial charge in [0.25, 0.3) is 0 Å². The Hall–Kier alpha value is -1.52. The van der Waals surface area contributed by atoms with Crippen molar-refractivity contribution in [3.8, 4) is 0 Å². The Balaban J connectivity index is 1.83. The van der Waals surface area contributed by atoms with Gasteiger partial charge in [-0.25, -0.2) is 9.97 Å². The third-order valence-electron chi connectivity index (χ3n) is 2.96. The standard InChI is InChI=1S/C14H14Cl2N4/c1-8-17-13(19-10-3-4-10)7-14(18-8)20-12-5-2-9(15)6-11(12)16/h2,5-7,10H,3-4H2,1H3,(H2,17,18,19,20). The van der Waals surface area contributed by atoms with Gasteiger partial charge in [-0.15, -0.1) is 0 Å². The summed E-state index contributed by atoms with van der Waals surface area (Å²) in [5, 5.41) is 7.72. The number of nitrogens with zero attached hydrogens (tertiary/aromatic N) is 2. The molecule has 0 bridgehead atoms.